The Morgan fingerprint density at radius 3 is 2.45 bits per heavy atom. The van der Waals surface area contributed by atoms with Gasteiger partial charge in [-0.1, -0.05) is 36.4 Å². The monoisotopic (exact) mass is 391 g/mol. The number of anilines is 2. The Labute approximate surface area is 168 Å². The number of rotatable bonds is 1. The van der Waals surface area contributed by atoms with E-state index in [4.69, 9.17) is 4.74 Å². The summed E-state index contributed by atoms with van der Waals surface area (Å²) < 4.78 is 5.13. The SMILES string of the molecule is COC(=O)[C@H]1CN(C)[C@]2(C(=O)Nc3ccccc32)[C@]12C(=O)N(C)c1ccccc12. The van der Waals surface area contributed by atoms with Crippen LogP contribution in [0, 0.1) is 5.92 Å². The third kappa shape index (κ3) is 1.75. The second-order valence-electron chi connectivity index (χ2n) is 7.86. The zero-order chi connectivity index (χ0) is 20.6. The number of nitrogens with one attached hydrogen (secondary N) is 1. The maximum absolute atomic E-state index is 14.0. The predicted molar refractivity (Wildman–Crippen MR) is 106 cm³/mol. The molecule has 2 aromatic carbocycles. The second kappa shape index (κ2) is 5.67. The normalized spacial score (nSPS) is 30.0. The summed E-state index contributed by atoms with van der Waals surface area (Å²) in [6.07, 6.45) is 0. The van der Waals surface area contributed by atoms with Gasteiger partial charge in [0.25, 0.3) is 5.91 Å². The third-order valence-corrected chi connectivity index (χ3v) is 6.83. The number of esters is 1. The Bertz CT molecular complexity index is 1080. The zero-order valence-electron chi connectivity index (χ0n) is 16.4. The van der Waals surface area contributed by atoms with E-state index in [1.54, 1.807) is 19.0 Å². The van der Waals surface area contributed by atoms with Crippen LogP contribution in [0.5, 0.6) is 0 Å². The van der Waals surface area contributed by atoms with Crippen molar-refractivity contribution in [3.8, 4) is 0 Å². The molecule has 0 saturated carbocycles. The molecule has 0 radical (unpaired) electrons. The average molecular weight is 391 g/mol. The smallest absolute Gasteiger partial charge is 0.311 e. The first-order chi connectivity index (χ1) is 13.9. The molecule has 29 heavy (non-hydrogen) atoms. The van der Waals surface area contributed by atoms with Crippen LogP contribution < -0.4 is 10.2 Å². The van der Waals surface area contributed by atoms with Crippen molar-refractivity contribution in [2.75, 3.05) is 38.0 Å². The second-order valence-corrected chi connectivity index (χ2v) is 7.86. The van der Waals surface area contributed by atoms with Crippen LogP contribution in [0.25, 0.3) is 0 Å². The minimum absolute atomic E-state index is 0.225. The van der Waals surface area contributed by atoms with Crippen molar-refractivity contribution in [1.29, 1.82) is 0 Å². The molecule has 2 aromatic rings. The van der Waals surface area contributed by atoms with Crippen molar-refractivity contribution in [2.45, 2.75) is 11.0 Å². The number of amides is 2. The van der Waals surface area contributed by atoms with Crippen LogP contribution in [-0.4, -0.2) is 50.4 Å². The first kappa shape index (κ1) is 17.9. The molecule has 5 rings (SSSR count). The molecule has 3 aliphatic heterocycles. The number of methoxy groups -OCH3 is 1. The maximum Gasteiger partial charge on any atom is 0.311 e. The first-order valence-corrected chi connectivity index (χ1v) is 9.50. The van der Waals surface area contributed by atoms with Crippen LogP contribution in [0.3, 0.4) is 0 Å². The Morgan fingerprint density at radius 2 is 1.72 bits per heavy atom. The van der Waals surface area contributed by atoms with Gasteiger partial charge in [0.1, 0.15) is 11.0 Å². The van der Waals surface area contributed by atoms with E-state index in [9.17, 15) is 14.4 Å². The predicted octanol–water partition coefficient (Wildman–Crippen LogP) is 1.48. The van der Waals surface area contributed by atoms with E-state index in [1.807, 2.05) is 53.4 Å². The molecule has 148 valence electrons. The summed E-state index contributed by atoms with van der Waals surface area (Å²) in [6.45, 7) is 0.225. The molecular formula is C22H21N3O4. The molecule has 3 atom stereocenters. The van der Waals surface area contributed by atoms with E-state index in [0.29, 0.717) is 22.5 Å². The minimum Gasteiger partial charge on any atom is -0.469 e. The lowest BCUT2D eigenvalue weighted by atomic mass is 9.59. The number of likely N-dealkylation sites (N-methyl/N-ethyl adjacent to an activating group) is 2. The summed E-state index contributed by atoms with van der Waals surface area (Å²) in [7, 11) is 4.80. The fourth-order valence-electron chi connectivity index (χ4n) is 5.78. The molecule has 7 heteroatoms. The van der Waals surface area contributed by atoms with E-state index in [2.05, 4.69) is 5.32 Å². The zero-order valence-corrected chi connectivity index (χ0v) is 16.4. The quantitative estimate of drug-likeness (QED) is 0.745. The van der Waals surface area contributed by atoms with Gasteiger partial charge in [0.2, 0.25) is 5.91 Å². The average Bonchev–Trinajstić information content (AvgIpc) is 3.28. The number of likely N-dealkylation sites (tertiary alicyclic amines) is 1. The molecule has 1 fully saturated rings. The van der Waals surface area contributed by atoms with Crippen molar-refractivity contribution in [2.24, 2.45) is 5.92 Å². The number of benzene rings is 2. The van der Waals surface area contributed by atoms with E-state index >= 15 is 0 Å². The first-order valence-electron chi connectivity index (χ1n) is 9.50. The highest BCUT2D eigenvalue weighted by atomic mass is 16.5. The molecule has 3 aliphatic rings. The summed E-state index contributed by atoms with van der Waals surface area (Å²) in [5, 5.41) is 2.95. The van der Waals surface area contributed by atoms with Crippen LogP contribution in [-0.2, 0) is 30.1 Å². The fourth-order valence-corrected chi connectivity index (χ4v) is 5.78. The lowest BCUT2D eigenvalue weighted by molar-refractivity contribution is -0.151. The maximum atomic E-state index is 14.0. The van der Waals surface area contributed by atoms with Crippen molar-refractivity contribution < 1.29 is 19.1 Å². The van der Waals surface area contributed by atoms with Gasteiger partial charge in [-0.2, -0.15) is 0 Å². The molecule has 0 unspecified atom stereocenters. The number of hydrogen-bond acceptors (Lipinski definition) is 5. The lowest BCUT2D eigenvalue weighted by Gasteiger charge is -2.42. The van der Waals surface area contributed by atoms with Gasteiger partial charge in [-0.3, -0.25) is 19.3 Å². The van der Waals surface area contributed by atoms with Crippen molar-refractivity contribution >= 4 is 29.2 Å². The summed E-state index contributed by atoms with van der Waals surface area (Å²) in [6, 6.07) is 14.8. The van der Waals surface area contributed by atoms with Crippen LogP contribution in [0.2, 0.25) is 0 Å². The standard InChI is InChI=1S/C22H21N3O4/c1-24-12-15(18(26)29-3)21(14-9-5-7-11-17(14)25(2)20(21)28)22(24)13-8-4-6-10-16(13)23-19(22)27/h4-11,15H,12H2,1-3H3,(H,23,27)/t15-,21+,22-/m1/s1. The van der Waals surface area contributed by atoms with Crippen LogP contribution in [0.15, 0.2) is 48.5 Å². The number of hydrogen-bond donors (Lipinski definition) is 1. The van der Waals surface area contributed by atoms with Gasteiger partial charge in [0, 0.05) is 30.5 Å². The van der Waals surface area contributed by atoms with E-state index in [-0.39, 0.29) is 18.4 Å². The third-order valence-electron chi connectivity index (χ3n) is 6.83. The largest absolute Gasteiger partial charge is 0.469 e. The van der Waals surface area contributed by atoms with Gasteiger partial charge < -0.3 is 15.0 Å². The van der Waals surface area contributed by atoms with Crippen molar-refractivity contribution in [1.82, 2.24) is 4.90 Å². The number of nitrogens with zero attached hydrogens (tertiary/aromatic N) is 2. The summed E-state index contributed by atoms with van der Waals surface area (Å²) in [5.74, 6) is -1.89. The Morgan fingerprint density at radius 1 is 1.07 bits per heavy atom. The summed E-state index contributed by atoms with van der Waals surface area (Å²) >= 11 is 0. The Balaban J connectivity index is 1.94. The molecular weight excluding hydrogens is 370 g/mol. The van der Waals surface area contributed by atoms with Crippen molar-refractivity contribution in [3.05, 3.63) is 59.7 Å². The van der Waals surface area contributed by atoms with Gasteiger partial charge in [-0.25, -0.2) is 0 Å². The molecule has 0 bridgehead atoms. The minimum atomic E-state index is -1.42. The molecule has 3 heterocycles. The van der Waals surface area contributed by atoms with Gasteiger partial charge in [0.05, 0.1) is 13.0 Å². The summed E-state index contributed by atoms with van der Waals surface area (Å²) in [5.41, 5.74) is -0.0131. The van der Waals surface area contributed by atoms with Gasteiger partial charge in [0.15, 0.2) is 0 Å². The molecule has 7 nitrogen and oxygen atoms in total. The highest BCUT2D eigenvalue weighted by Gasteiger charge is 2.78. The molecule has 1 saturated heterocycles. The highest BCUT2D eigenvalue weighted by Crippen LogP contribution is 2.64. The lowest BCUT2D eigenvalue weighted by Crippen LogP contribution is -2.62. The number of carbonyl (C=O) groups excluding carboxylic acids is 3. The van der Waals surface area contributed by atoms with Crippen LogP contribution >= 0.6 is 0 Å². The molecule has 0 aliphatic carbocycles. The molecule has 1 N–H and O–H groups in total. The van der Waals surface area contributed by atoms with Gasteiger partial charge >= 0.3 is 5.97 Å². The molecule has 2 spiro atoms. The fraction of sp³-hybridized carbons (Fsp3) is 0.318. The number of carbonyl (C=O) groups is 3. The van der Waals surface area contributed by atoms with E-state index in [1.165, 1.54) is 7.11 Å². The number of ether oxygens (including phenoxy) is 1. The van der Waals surface area contributed by atoms with Gasteiger partial charge in [-0.15, -0.1) is 0 Å². The van der Waals surface area contributed by atoms with Crippen LogP contribution in [0.4, 0.5) is 11.4 Å². The van der Waals surface area contributed by atoms with Crippen LogP contribution in [0.1, 0.15) is 11.1 Å². The Kier molecular flexibility index (Phi) is 3.49. The van der Waals surface area contributed by atoms with Crippen molar-refractivity contribution in [3.63, 3.8) is 0 Å². The van der Waals surface area contributed by atoms with Gasteiger partial charge in [-0.05, 0) is 24.7 Å². The molecule has 2 amide bonds. The Hall–Kier alpha value is -3.19. The van der Waals surface area contributed by atoms with E-state index < -0.39 is 22.8 Å². The number of para-hydroxylation sites is 2. The van der Waals surface area contributed by atoms with E-state index in [0.717, 1.165) is 0 Å². The topological polar surface area (TPSA) is 79.0 Å². The molecule has 0 aromatic heterocycles. The highest BCUT2D eigenvalue weighted by molar-refractivity contribution is 6.19. The number of fused-ring (bicyclic) bond motifs is 5. The summed E-state index contributed by atoms with van der Waals surface area (Å²) in [4.78, 5) is 44.0.